The van der Waals surface area contributed by atoms with E-state index in [1.54, 1.807) is 0 Å². The summed E-state index contributed by atoms with van der Waals surface area (Å²) in [6, 6.07) is -0.554. The largest absolute Gasteiger partial charge is 0.337 e. The maximum atomic E-state index is 11.5. The van der Waals surface area contributed by atoms with E-state index < -0.39 is 0 Å². The summed E-state index contributed by atoms with van der Waals surface area (Å²) in [6.45, 7) is 1.25. The third kappa shape index (κ3) is 8.08. The molecule has 0 unspecified atom stereocenters. The van der Waals surface area contributed by atoms with Crippen LogP contribution in [-0.2, 0) is 0 Å². The predicted octanol–water partition coefficient (Wildman–Crippen LogP) is 0.417. The average Bonchev–Trinajstić information content (AvgIpc) is 3.30. The normalized spacial score (nSPS) is 10.3. The zero-order chi connectivity index (χ0) is 18.5. The lowest BCUT2D eigenvalue weighted by atomic mass is 10.1. The van der Waals surface area contributed by atoms with Crippen molar-refractivity contribution in [3.05, 3.63) is 25.3 Å². The number of rotatable bonds is 11. The van der Waals surface area contributed by atoms with E-state index in [9.17, 15) is 9.59 Å². The number of amides is 4. The molecule has 2 rings (SSSR count). The van der Waals surface area contributed by atoms with Crippen molar-refractivity contribution in [1.29, 1.82) is 0 Å². The molecule has 0 aliphatic heterocycles. The minimum Gasteiger partial charge on any atom is -0.337 e. The Balaban J connectivity index is 1.34. The first kappa shape index (κ1) is 19.1. The van der Waals surface area contributed by atoms with Gasteiger partial charge in [0.15, 0.2) is 0 Å². The molecular formula is C14H24N10O2. The van der Waals surface area contributed by atoms with E-state index in [1.807, 2.05) is 0 Å². The third-order valence-electron chi connectivity index (χ3n) is 3.47. The molecule has 0 radical (unpaired) electrons. The number of nitrogens with zero attached hydrogens (tertiary/aromatic N) is 6. The molecule has 0 spiro atoms. The smallest absolute Gasteiger partial charge is 0.333 e. The molecule has 0 saturated carbocycles. The third-order valence-corrected chi connectivity index (χ3v) is 3.47. The molecular weight excluding hydrogens is 340 g/mol. The second-order valence-electron chi connectivity index (χ2n) is 5.60. The quantitative estimate of drug-likeness (QED) is 0.425. The highest BCUT2D eigenvalue weighted by Gasteiger charge is 2.01. The summed E-state index contributed by atoms with van der Waals surface area (Å²) >= 11 is 0. The molecule has 0 aliphatic carbocycles. The van der Waals surface area contributed by atoms with E-state index >= 15 is 0 Å². The van der Waals surface area contributed by atoms with Crippen LogP contribution in [-0.4, -0.2) is 54.9 Å². The molecule has 142 valence electrons. The number of nitrogens with one attached hydrogen (secondary N) is 4. The van der Waals surface area contributed by atoms with Crippen LogP contribution in [0.15, 0.2) is 25.3 Å². The highest BCUT2D eigenvalue weighted by atomic mass is 16.2. The first-order valence-electron chi connectivity index (χ1n) is 8.53. The fourth-order valence-corrected chi connectivity index (χ4v) is 2.19. The Morgan fingerprint density at radius 1 is 0.615 bits per heavy atom. The SMILES string of the molecule is O=C(NCCCCCCCCNC(=O)Nn1cnnc1)Nn1cnnc1. The molecule has 26 heavy (non-hydrogen) atoms. The van der Waals surface area contributed by atoms with Gasteiger partial charge in [0.1, 0.15) is 25.3 Å². The second-order valence-corrected chi connectivity index (χ2v) is 5.60. The molecule has 0 saturated heterocycles. The van der Waals surface area contributed by atoms with Gasteiger partial charge in [0, 0.05) is 13.1 Å². The fraction of sp³-hybridized carbons (Fsp3) is 0.571. The molecule has 0 atom stereocenters. The number of aromatic nitrogens is 6. The molecule has 4 N–H and O–H groups in total. The molecule has 12 heteroatoms. The topological polar surface area (TPSA) is 144 Å². The highest BCUT2D eigenvalue weighted by molar-refractivity contribution is 5.81. The molecule has 0 bridgehead atoms. The number of unbranched alkanes of at least 4 members (excludes halogenated alkanes) is 5. The van der Waals surface area contributed by atoms with E-state index in [4.69, 9.17) is 0 Å². The van der Waals surface area contributed by atoms with Crippen LogP contribution in [0.3, 0.4) is 0 Å². The maximum absolute atomic E-state index is 11.5. The minimum absolute atomic E-state index is 0.277. The average molecular weight is 364 g/mol. The van der Waals surface area contributed by atoms with Crippen LogP contribution in [0.1, 0.15) is 38.5 Å². The molecule has 2 heterocycles. The van der Waals surface area contributed by atoms with Crippen molar-refractivity contribution in [2.75, 3.05) is 23.9 Å². The van der Waals surface area contributed by atoms with Gasteiger partial charge in [-0.25, -0.2) is 29.8 Å². The molecule has 0 aromatic carbocycles. The molecule has 0 aliphatic rings. The van der Waals surface area contributed by atoms with E-state index in [0.29, 0.717) is 13.1 Å². The number of hydrogen-bond acceptors (Lipinski definition) is 6. The Morgan fingerprint density at radius 2 is 0.962 bits per heavy atom. The standard InChI is InChI=1S/C14H24N10O2/c25-13(21-23-9-17-18-10-23)15-7-5-3-1-2-4-6-8-16-14(26)22-24-11-19-20-12-24/h9-12H,1-8H2,(H2,15,21,25)(H2,16,22,26). The van der Waals surface area contributed by atoms with Crippen LogP contribution >= 0.6 is 0 Å². The lowest BCUT2D eigenvalue weighted by Gasteiger charge is -2.08. The van der Waals surface area contributed by atoms with Crippen LogP contribution in [0.25, 0.3) is 0 Å². The number of hydrogen-bond donors (Lipinski definition) is 4. The number of carbonyl (C=O) groups excluding carboxylic acids is 2. The van der Waals surface area contributed by atoms with Gasteiger partial charge in [0.25, 0.3) is 0 Å². The van der Waals surface area contributed by atoms with Crippen LogP contribution in [0, 0.1) is 0 Å². The van der Waals surface area contributed by atoms with E-state index in [2.05, 4.69) is 41.9 Å². The van der Waals surface area contributed by atoms with Crippen LogP contribution in [0.5, 0.6) is 0 Å². The summed E-state index contributed by atoms with van der Waals surface area (Å²) in [5.74, 6) is 0. The fourth-order valence-electron chi connectivity index (χ4n) is 2.19. The van der Waals surface area contributed by atoms with E-state index in [1.165, 1.54) is 34.7 Å². The van der Waals surface area contributed by atoms with Crippen molar-refractivity contribution >= 4 is 12.1 Å². The molecule has 2 aromatic heterocycles. The maximum Gasteiger partial charge on any atom is 0.333 e. The molecule has 12 nitrogen and oxygen atoms in total. The van der Waals surface area contributed by atoms with Gasteiger partial charge in [-0.2, -0.15) is 0 Å². The molecule has 4 amide bonds. The van der Waals surface area contributed by atoms with Gasteiger partial charge in [-0.15, -0.1) is 20.4 Å². The lowest BCUT2D eigenvalue weighted by Crippen LogP contribution is -2.34. The van der Waals surface area contributed by atoms with Crippen LogP contribution in [0.2, 0.25) is 0 Å². The first-order valence-corrected chi connectivity index (χ1v) is 8.53. The molecule has 2 aromatic rings. The van der Waals surface area contributed by atoms with Gasteiger partial charge in [-0.05, 0) is 12.8 Å². The Bertz CT molecular complexity index is 572. The Labute approximate surface area is 150 Å². The Kier molecular flexibility index (Phi) is 8.39. The van der Waals surface area contributed by atoms with Gasteiger partial charge in [0.2, 0.25) is 0 Å². The summed E-state index contributed by atoms with van der Waals surface area (Å²) in [5.41, 5.74) is 5.13. The summed E-state index contributed by atoms with van der Waals surface area (Å²) < 4.78 is 2.77. The minimum atomic E-state index is -0.277. The second kappa shape index (κ2) is 11.4. The van der Waals surface area contributed by atoms with E-state index in [0.717, 1.165) is 38.5 Å². The first-order chi connectivity index (χ1) is 12.7. The summed E-state index contributed by atoms with van der Waals surface area (Å²) in [6.07, 6.45) is 11.8. The monoisotopic (exact) mass is 364 g/mol. The van der Waals surface area contributed by atoms with Gasteiger partial charge >= 0.3 is 12.1 Å². The summed E-state index contributed by atoms with van der Waals surface area (Å²) in [7, 11) is 0. The lowest BCUT2D eigenvalue weighted by molar-refractivity contribution is 0.248. The Hall–Kier alpha value is -3.18. The van der Waals surface area contributed by atoms with Crippen molar-refractivity contribution in [3.63, 3.8) is 0 Å². The number of carbonyl (C=O) groups is 2. The predicted molar refractivity (Wildman–Crippen MR) is 93.3 cm³/mol. The summed E-state index contributed by atoms with van der Waals surface area (Å²) in [5, 5.41) is 19.9. The highest BCUT2D eigenvalue weighted by Crippen LogP contribution is 2.04. The van der Waals surface area contributed by atoms with Crippen LogP contribution in [0.4, 0.5) is 9.59 Å². The van der Waals surface area contributed by atoms with Crippen molar-refractivity contribution in [2.45, 2.75) is 38.5 Å². The number of urea groups is 2. The van der Waals surface area contributed by atoms with Gasteiger partial charge in [-0.3, -0.25) is 0 Å². The van der Waals surface area contributed by atoms with E-state index in [-0.39, 0.29) is 12.1 Å². The zero-order valence-electron chi connectivity index (χ0n) is 14.5. The van der Waals surface area contributed by atoms with Crippen molar-refractivity contribution < 1.29 is 9.59 Å². The van der Waals surface area contributed by atoms with Crippen molar-refractivity contribution in [3.8, 4) is 0 Å². The van der Waals surface area contributed by atoms with Crippen molar-refractivity contribution in [2.24, 2.45) is 0 Å². The van der Waals surface area contributed by atoms with Gasteiger partial charge < -0.3 is 10.6 Å². The summed E-state index contributed by atoms with van der Waals surface area (Å²) in [4.78, 5) is 23.1. The van der Waals surface area contributed by atoms with Crippen molar-refractivity contribution in [1.82, 2.24) is 40.4 Å². The van der Waals surface area contributed by atoms with Gasteiger partial charge in [0.05, 0.1) is 0 Å². The Morgan fingerprint density at radius 3 is 1.35 bits per heavy atom. The van der Waals surface area contributed by atoms with Gasteiger partial charge in [-0.1, -0.05) is 25.7 Å². The molecule has 0 fully saturated rings. The van der Waals surface area contributed by atoms with Crippen LogP contribution < -0.4 is 21.5 Å². The zero-order valence-corrected chi connectivity index (χ0v) is 14.5.